The summed E-state index contributed by atoms with van der Waals surface area (Å²) in [6, 6.07) is 0.761. The third-order valence-electron chi connectivity index (χ3n) is 4.93. The van der Waals surface area contributed by atoms with Crippen LogP contribution in [-0.2, 0) is 0 Å². The Labute approximate surface area is 112 Å². The molecule has 18 heavy (non-hydrogen) atoms. The molecule has 0 amide bonds. The zero-order valence-corrected chi connectivity index (χ0v) is 11.7. The van der Waals surface area contributed by atoms with Gasteiger partial charge >= 0.3 is 0 Å². The summed E-state index contributed by atoms with van der Waals surface area (Å²) >= 11 is 0. The van der Waals surface area contributed by atoms with Gasteiger partial charge in [0.1, 0.15) is 0 Å². The highest BCUT2D eigenvalue weighted by Gasteiger charge is 2.29. The summed E-state index contributed by atoms with van der Waals surface area (Å²) in [6.07, 6.45) is 15.2. The summed E-state index contributed by atoms with van der Waals surface area (Å²) in [5, 5.41) is 0. The van der Waals surface area contributed by atoms with Gasteiger partial charge in [-0.1, -0.05) is 12.5 Å². The van der Waals surface area contributed by atoms with Crippen molar-refractivity contribution in [3.8, 4) is 0 Å². The number of hydrogen-bond donors (Lipinski definition) is 0. The van der Waals surface area contributed by atoms with E-state index in [4.69, 9.17) is 0 Å². The summed E-state index contributed by atoms with van der Waals surface area (Å²) in [5.74, 6) is 0. The van der Waals surface area contributed by atoms with Gasteiger partial charge in [-0.25, -0.2) is 0 Å². The van der Waals surface area contributed by atoms with Gasteiger partial charge in [0.2, 0.25) is 0 Å². The van der Waals surface area contributed by atoms with E-state index in [1.807, 2.05) is 0 Å². The second-order valence-electron chi connectivity index (χ2n) is 6.22. The summed E-state index contributed by atoms with van der Waals surface area (Å²) in [6.45, 7) is 5.32. The van der Waals surface area contributed by atoms with Gasteiger partial charge < -0.3 is 4.90 Å². The molecule has 0 aromatic carbocycles. The van der Waals surface area contributed by atoms with Crippen LogP contribution in [-0.4, -0.2) is 42.0 Å². The van der Waals surface area contributed by atoms with Crippen LogP contribution in [0.2, 0.25) is 0 Å². The molecule has 2 heterocycles. The van der Waals surface area contributed by atoms with Crippen molar-refractivity contribution in [2.75, 3.05) is 26.2 Å². The maximum absolute atomic E-state index is 2.78. The number of nitrogens with zero attached hydrogens (tertiary/aromatic N) is 2. The molecule has 3 aliphatic rings. The van der Waals surface area contributed by atoms with Crippen LogP contribution in [0.25, 0.3) is 0 Å². The zero-order chi connectivity index (χ0) is 12.2. The highest BCUT2D eigenvalue weighted by atomic mass is 15.2. The molecule has 102 valence electrons. The first kappa shape index (κ1) is 12.5. The zero-order valence-electron chi connectivity index (χ0n) is 11.7. The van der Waals surface area contributed by atoms with E-state index in [9.17, 15) is 0 Å². The van der Waals surface area contributed by atoms with E-state index < -0.39 is 0 Å². The number of hydrogen-bond acceptors (Lipinski definition) is 2. The molecule has 2 heteroatoms. The summed E-state index contributed by atoms with van der Waals surface area (Å²) < 4.78 is 0. The quantitative estimate of drug-likeness (QED) is 0.739. The lowest BCUT2D eigenvalue weighted by atomic mass is 9.93. The molecule has 0 saturated carbocycles. The van der Waals surface area contributed by atoms with E-state index in [1.54, 1.807) is 5.70 Å². The summed E-state index contributed by atoms with van der Waals surface area (Å²) in [7, 11) is 0. The van der Waals surface area contributed by atoms with Crippen molar-refractivity contribution in [1.29, 1.82) is 0 Å². The van der Waals surface area contributed by atoms with Crippen molar-refractivity contribution in [2.24, 2.45) is 0 Å². The molecule has 0 aromatic rings. The lowest BCUT2D eigenvalue weighted by Gasteiger charge is -2.43. The maximum atomic E-state index is 2.78. The fraction of sp³-hybridized carbons (Fsp3) is 0.875. The van der Waals surface area contributed by atoms with Gasteiger partial charge in [0.15, 0.2) is 0 Å². The topological polar surface area (TPSA) is 6.48 Å². The molecule has 0 spiro atoms. The Balaban J connectivity index is 1.70. The third-order valence-corrected chi connectivity index (χ3v) is 4.93. The number of rotatable bonds is 2. The van der Waals surface area contributed by atoms with Crippen LogP contribution >= 0.6 is 0 Å². The predicted octanol–water partition coefficient (Wildman–Crippen LogP) is 3.39. The lowest BCUT2D eigenvalue weighted by Crippen LogP contribution is -2.46. The van der Waals surface area contributed by atoms with Gasteiger partial charge in [0.05, 0.1) is 0 Å². The average molecular weight is 248 g/mol. The van der Waals surface area contributed by atoms with Crippen LogP contribution in [0, 0.1) is 0 Å². The van der Waals surface area contributed by atoms with Crippen molar-refractivity contribution >= 4 is 0 Å². The number of likely N-dealkylation sites (tertiary alicyclic amines) is 2. The van der Waals surface area contributed by atoms with Crippen molar-refractivity contribution in [1.82, 2.24) is 9.80 Å². The molecule has 0 bridgehead atoms. The predicted molar refractivity (Wildman–Crippen MR) is 76.6 cm³/mol. The summed E-state index contributed by atoms with van der Waals surface area (Å²) in [5.41, 5.74) is 1.70. The van der Waals surface area contributed by atoms with Crippen LogP contribution in [0.1, 0.15) is 57.8 Å². The van der Waals surface area contributed by atoms with Crippen LogP contribution in [0.3, 0.4) is 0 Å². The molecular formula is C16H28N2. The van der Waals surface area contributed by atoms with Gasteiger partial charge in [-0.2, -0.15) is 0 Å². The van der Waals surface area contributed by atoms with Crippen molar-refractivity contribution in [3.05, 3.63) is 11.8 Å². The molecule has 0 aromatic heterocycles. The molecule has 1 atom stereocenters. The first-order valence-electron chi connectivity index (χ1n) is 8.14. The molecule has 2 aliphatic heterocycles. The first-order chi connectivity index (χ1) is 8.95. The van der Waals surface area contributed by atoms with E-state index in [0.29, 0.717) is 0 Å². The van der Waals surface area contributed by atoms with Crippen LogP contribution in [0.4, 0.5) is 0 Å². The molecule has 0 N–H and O–H groups in total. The van der Waals surface area contributed by atoms with E-state index in [-0.39, 0.29) is 0 Å². The van der Waals surface area contributed by atoms with Crippen molar-refractivity contribution < 1.29 is 0 Å². The van der Waals surface area contributed by atoms with Gasteiger partial charge in [-0.3, -0.25) is 4.90 Å². The van der Waals surface area contributed by atoms with E-state index in [1.165, 1.54) is 84.0 Å². The Morgan fingerprint density at radius 2 is 1.44 bits per heavy atom. The Kier molecular flexibility index (Phi) is 4.24. The summed E-state index contributed by atoms with van der Waals surface area (Å²) in [4.78, 5) is 5.49. The third kappa shape index (κ3) is 2.74. The van der Waals surface area contributed by atoms with Gasteiger partial charge in [-0.15, -0.1) is 0 Å². The molecular weight excluding hydrogens is 220 g/mol. The van der Waals surface area contributed by atoms with Crippen LogP contribution in [0.15, 0.2) is 11.8 Å². The highest BCUT2D eigenvalue weighted by Crippen LogP contribution is 2.30. The Bertz CT molecular complexity index is 285. The SMILES string of the molecule is C1=C(N2CCCCC2)[C@@H](N2CCCCC2)CCC1. The normalized spacial score (nSPS) is 31.2. The molecule has 1 aliphatic carbocycles. The number of allylic oxidation sites excluding steroid dienone is 1. The smallest absolute Gasteiger partial charge is 0.0493 e. The Morgan fingerprint density at radius 1 is 0.778 bits per heavy atom. The molecule has 0 unspecified atom stereocenters. The van der Waals surface area contributed by atoms with Crippen LogP contribution in [0.5, 0.6) is 0 Å². The standard InChI is InChI=1S/C16H28N2/c1-5-11-17(12-6-1)15-9-3-4-10-16(15)18-13-7-2-8-14-18/h9,16H,1-8,10-14H2/t16-/m0/s1. The second-order valence-corrected chi connectivity index (χ2v) is 6.22. The molecule has 2 fully saturated rings. The molecule has 2 saturated heterocycles. The van der Waals surface area contributed by atoms with Crippen molar-refractivity contribution in [2.45, 2.75) is 63.8 Å². The van der Waals surface area contributed by atoms with Crippen LogP contribution < -0.4 is 0 Å². The van der Waals surface area contributed by atoms with Gasteiger partial charge in [-0.05, 0) is 64.5 Å². The first-order valence-corrected chi connectivity index (χ1v) is 8.14. The molecule has 0 radical (unpaired) electrons. The lowest BCUT2D eigenvalue weighted by molar-refractivity contribution is 0.134. The van der Waals surface area contributed by atoms with E-state index in [2.05, 4.69) is 15.9 Å². The minimum Gasteiger partial charge on any atom is -0.374 e. The monoisotopic (exact) mass is 248 g/mol. The fourth-order valence-corrected chi connectivity index (χ4v) is 3.94. The van der Waals surface area contributed by atoms with Gasteiger partial charge in [0.25, 0.3) is 0 Å². The van der Waals surface area contributed by atoms with E-state index in [0.717, 1.165) is 6.04 Å². The Hall–Kier alpha value is -0.500. The molecule has 3 rings (SSSR count). The minimum atomic E-state index is 0.761. The van der Waals surface area contributed by atoms with Gasteiger partial charge in [0, 0.05) is 24.8 Å². The average Bonchev–Trinajstić information content (AvgIpc) is 2.49. The number of piperidine rings is 2. The molecule has 2 nitrogen and oxygen atoms in total. The Morgan fingerprint density at radius 3 is 2.17 bits per heavy atom. The highest BCUT2D eigenvalue weighted by molar-refractivity contribution is 5.14. The fourth-order valence-electron chi connectivity index (χ4n) is 3.94. The maximum Gasteiger partial charge on any atom is 0.0493 e. The second kappa shape index (κ2) is 6.10. The van der Waals surface area contributed by atoms with Crippen molar-refractivity contribution in [3.63, 3.8) is 0 Å². The minimum absolute atomic E-state index is 0.761. The largest absolute Gasteiger partial charge is 0.374 e. The van der Waals surface area contributed by atoms with E-state index >= 15 is 0 Å².